The number of aromatic nitrogens is 2. The maximum atomic E-state index is 12.9. The van der Waals surface area contributed by atoms with Crippen molar-refractivity contribution in [3.05, 3.63) is 18.0 Å². The number of carbonyl (C=O) groups is 1. The van der Waals surface area contributed by atoms with Crippen LogP contribution in [0.2, 0.25) is 0 Å². The van der Waals surface area contributed by atoms with Gasteiger partial charge in [-0.15, -0.1) is 0 Å². The van der Waals surface area contributed by atoms with Crippen LogP contribution in [-0.2, 0) is 10.9 Å². The third kappa shape index (κ3) is 6.24. The highest BCUT2D eigenvalue weighted by molar-refractivity contribution is 5.68. The van der Waals surface area contributed by atoms with E-state index in [1.54, 1.807) is 9.80 Å². The minimum Gasteiger partial charge on any atom is -0.444 e. The number of piperidine rings is 1. The number of ether oxygens (including phenoxy) is 1. The second-order valence-corrected chi connectivity index (χ2v) is 8.42. The molecule has 1 saturated heterocycles. The van der Waals surface area contributed by atoms with Gasteiger partial charge in [-0.25, -0.2) is 14.8 Å². The van der Waals surface area contributed by atoms with Crippen molar-refractivity contribution in [2.75, 3.05) is 24.5 Å². The number of alkyl halides is 3. The van der Waals surface area contributed by atoms with E-state index in [9.17, 15) is 18.0 Å². The van der Waals surface area contributed by atoms with Crippen molar-refractivity contribution in [2.24, 2.45) is 5.92 Å². The lowest BCUT2D eigenvalue weighted by Gasteiger charge is -2.37. The zero-order chi connectivity index (χ0) is 21.1. The fraction of sp³-hybridized carbons (Fsp3) is 0.737. The van der Waals surface area contributed by atoms with Gasteiger partial charge >= 0.3 is 12.3 Å². The fourth-order valence-corrected chi connectivity index (χ4v) is 3.15. The highest BCUT2D eigenvalue weighted by Gasteiger charge is 2.34. The summed E-state index contributed by atoms with van der Waals surface area (Å²) in [7, 11) is 0. The van der Waals surface area contributed by atoms with Crippen LogP contribution in [0.3, 0.4) is 0 Å². The second kappa shape index (κ2) is 8.53. The van der Waals surface area contributed by atoms with Gasteiger partial charge < -0.3 is 14.5 Å². The van der Waals surface area contributed by atoms with Crippen molar-refractivity contribution in [2.45, 2.75) is 65.3 Å². The molecule has 1 aromatic rings. The van der Waals surface area contributed by atoms with Crippen LogP contribution < -0.4 is 4.90 Å². The molecule has 0 unspecified atom stereocenters. The van der Waals surface area contributed by atoms with Crippen LogP contribution in [-0.4, -0.2) is 52.2 Å². The molecule has 0 radical (unpaired) electrons. The lowest BCUT2D eigenvalue weighted by atomic mass is 9.97. The number of nitrogens with zero attached hydrogens (tertiary/aromatic N) is 4. The Hall–Kier alpha value is -2.06. The van der Waals surface area contributed by atoms with Crippen molar-refractivity contribution < 1.29 is 22.7 Å². The van der Waals surface area contributed by atoms with Crippen molar-refractivity contribution >= 4 is 12.0 Å². The van der Waals surface area contributed by atoms with Crippen molar-refractivity contribution in [1.29, 1.82) is 0 Å². The Morgan fingerprint density at radius 2 is 2.04 bits per heavy atom. The maximum Gasteiger partial charge on any atom is 0.433 e. The molecule has 1 aromatic heterocycles. The summed E-state index contributed by atoms with van der Waals surface area (Å²) in [6.07, 6.45) is -2.07. The Bertz CT molecular complexity index is 674. The van der Waals surface area contributed by atoms with Gasteiger partial charge in [0, 0.05) is 31.9 Å². The predicted molar refractivity (Wildman–Crippen MR) is 100 cm³/mol. The summed E-state index contributed by atoms with van der Waals surface area (Å²) in [6, 6.07) is 0.823. The van der Waals surface area contributed by atoms with Crippen LogP contribution in [0.4, 0.5) is 23.9 Å². The van der Waals surface area contributed by atoms with E-state index in [1.807, 2.05) is 34.6 Å². The van der Waals surface area contributed by atoms with Crippen LogP contribution in [0.15, 0.2) is 12.3 Å². The van der Waals surface area contributed by atoms with E-state index in [2.05, 4.69) is 9.97 Å². The summed E-state index contributed by atoms with van der Waals surface area (Å²) in [4.78, 5) is 23.7. The van der Waals surface area contributed by atoms with Crippen molar-refractivity contribution in [1.82, 2.24) is 14.9 Å². The number of anilines is 1. The molecule has 0 saturated carbocycles. The van der Waals surface area contributed by atoms with Gasteiger partial charge in [0.15, 0.2) is 0 Å². The Kier molecular flexibility index (Phi) is 6.77. The highest BCUT2D eigenvalue weighted by Crippen LogP contribution is 2.29. The molecule has 1 aliphatic rings. The van der Waals surface area contributed by atoms with Crippen LogP contribution >= 0.6 is 0 Å². The van der Waals surface area contributed by atoms with Crippen molar-refractivity contribution in [3.63, 3.8) is 0 Å². The lowest BCUT2D eigenvalue weighted by Crippen LogP contribution is -2.47. The first-order valence-corrected chi connectivity index (χ1v) is 9.51. The van der Waals surface area contributed by atoms with E-state index in [4.69, 9.17) is 4.74 Å². The van der Waals surface area contributed by atoms with Gasteiger partial charge in [0.2, 0.25) is 5.95 Å². The SMILES string of the molecule is CC(C)N(C[C@H]1CCCN(c2nccc(C(F)(F)F)n2)C1)C(=O)OC(C)(C)C. The minimum absolute atomic E-state index is 0.0463. The largest absolute Gasteiger partial charge is 0.444 e. The molecular formula is C19H29F3N4O2. The molecule has 1 aliphatic heterocycles. The second-order valence-electron chi connectivity index (χ2n) is 8.42. The molecule has 1 amide bonds. The molecule has 1 fully saturated rings. The first kappa shape index (κ1) is 22.2. The Labute approximate surface area is 164 Å². The highest BCUT2D eigenvalue weighted by atomic mass is 19.4. The number of hydrogen-bond donors (Lipinski definition) is 0. The van der Waals surface area contributed by atoms with E-state index < -0.39 is 17.5 Å². The van der Waals surface area contributed by atoms with Gasteiger partial charge in [-0.05, 0) is 59.4 Å². The fourth-order valence-electron chi connectivity index (χ4n) is 3.15. The number of rotatable bonds is 4. The summed E-state index contributed by atoms with van der Waals surface area (Å²) < 4.78 is 44.3. The molecule has 6 nitrogen and oxygen atoms in total. The van der Waals surface area contributed by atoms with Crippen LogP contribution in [0.5, 0.6) is 0 Å². The van der Waals surface area contributed by atoms with Crippen LogP contribution in [0.25, 0.3) is 0 Å². The first-order chi connectivity index (χ1) is 12.9. The molecule has 9 heteroatoms. The Morgan fingerprint density at radius 1 is 1.36 bits per heavy atom. The number of carbonyl (C=O) groups excluding carboxylic acids is 1. The summed E-state index contributed by atoms with van der Waals surface area (Å²) in [5, 5.41) is 0. The zero-order valence-corrected chi connectivity index (χ0v) is 17.1. The molecule has 158 valence electrons. The average Bonchev–Trinajstić information content (AvgIpc) is 2.57. The van der Waals surface area contributed by atoms with Crippen molar-refractivity contribution in [3.8, 4) is 0 Å². The zero-order valence-electron chi connectivity index (χ0n) is 17.1. The Balaban J connectivity index is 2.09. The molecule has 0 aliphatic carbocycles. The van der Waals surface area contributed by atoms with E-state index in [1.165, 1.54) is 0 Å². The summed E-state index contributed by atoms with van der Waals surface area (Å²) in [5.41, 5.74) is -1.54. The maximum absolute atomic E-state index is 12.9. The topological polar surface area (TPSA) is 58.6 Å². The van der Waals surface area contributed by atoms with Gasteiger partial charge in [-0.3, -0.25) is 0 Å². The van der Waals surface area contributed by atoms with E-state index in [-0.39, 0.29) is 24.0 Å². The average molecular weight is 402 g/mol. The Morgan fingerprint density at radius 3 is 2.61 bits per heavy atom. The van der Waals surface area contributed by atoms with Gasteiger partial charge in [0.25, 0.3) is 0 Å². The monoisotopic (exact) mass is 402 g/mol. The first-order valence-electron chi connectivity index (χ1n) is 9.51. The number of amides is 1. The molecule has 1 atom stereocenters. The number of halogens is 3. The van der Waals surface area contributed by atoms with Gasteiger partial charge in [-0.1, -0.05) is 0 Å². The minimum atomic E-state index is -4.50. The van der Waals surface area contributed by atoms with E-state index >= 15 is 0 Å². The quantitative estimate of drug-likeness (QED) is 0.749. The van der Waals surface area contributed by atoms with Crippen LogP contribution in [0.1, 0.15) is 53.2 Å². The third-order valence-electron chi connectivity index (χ3n) is 4.44. The summed E-state index contributed by atoms with van der Waals surface area (Å²) in [6.45, 7) is 10.8. The third-order valence-corrected chi connectivity index (χ3v) is 4.44. The summed E-state index contributed by atoms with van der Waals surface area (Å²) in [5.74, 6) is 0.176. The van der Waals surface area contributed by atoms with E-state index in [0.717, 1.165) is 25.1 Å². The van der Waals surface area contributed by atoms with E-state index in [0.29, 0.717) is 19.6 Å². The molecule has 0 spiro atoms. The van der Waals surface area contributed by atoms with Gasteiger partial charge in [0.1, 0.15) is 11.3 Å². The number of hydrogen-bond acceptors (Lipinski definition) is 5. The molecule has 2 rings (SSSR count). The molecule has 0 bridgehead atoms. The predicted octanol–water partition coefficient (Wildman–Crippen LogP) is 4.36. The van der Waals surface area contributed by atoms with Gasteiger partial charge in [0.05, 0.1) is 0 Å². The molecule has 0 aromatic carbocycles. The normalized spacial score (nSPS) is 18.3. The molecule has 28 heavy (non-hydrogen) atoms. The molecular weight excluding hydrogens is 373 g/mol. The molecule has 0 N–H and O–H groups in total. The standard InChI is InChI=1S/C19H29F3N4O2/c1-13(2)26(17(27)28-18(3,4)5)12-14-7-6-10-25(11-14)16-23-9-8-15(24-16)19(20,21)22/h8-9,13-14H,6-7,10-12H2,1-5H3/t14-/m0/s1. The molecule has 2 heterocycles. The summed E-state index contributed by atoms with van der Waals surface area (Å²) >= 11 is 0. The van der Waals surface area contributed by atoms with Crippen LogP contribution in [0, 0.1) is 5.92 Å². The lowest BCUT2D eigenvalue weighted by molar-refractivity contribution is -0.141. The van der Waals surface area contributed by atoms with Gasteiger partial charge in [-0.2, -0.15) is 13.2 Å². The smallest absolute Gasteiger partial charge is 0.433 e.